The molecule has 0 aromatic heterocycles. The third-order valence-corrected chi connectivity index (χ3v) is 3.30. The van der Waals surface area contributed by atoms with E-state index in [0.717, 1.165) is 5.56 Å². The van der Waals surface area contributed by atoms with Gasteiger partial charge in [0.15, 0.2) is 0 Å². The van der Waals surface area contributed by atoms with Crippen molar-refractivity contribution in [2.24, 2.45) is 5.73 Å². The quantitative estimate of drug-likeness (QED) is 0.783. The number of esters is 1. The van der Waals surface area contributed by atoms with Crippen LogP contribution in [-0.4, -0.2) is 19.1 Å². The van der Waals surface area contributed by atoms with Crippen molar-refractivity contribution >= 4 is 47.3 Å². The summed E-state index contributed by atoms with van der Waals surface area (Å²) in [5.41, 5.74) is 7.48. The van der Waals surface area contributed by atoms with Gasteiger partial charge in [-0.3, -0.25) is 0 Å². The molecule has 2 rings (SSSR count). The number of carbonyl (C=O) groups excluding carboxylic acids is 1. The van der Waals surface area contributed by atoms with E-state index < -0.39 is 6.04 Å². The molecular formula is C11H13Cl3N2O2. The van der Waals surface area contributed by atoms with Crippen LogP contribution in [-0.2, 0) is 9.53 Å². The van der Waals surface area contributed by atoms with E-state index in [1.165, 1.54) is 7.11 Å². The van der Waals surface area contributed by atoms with E-state index in [0.29, 0.717) is 22.2 Å². The second-order valence-electron chi connectivity index (χ2n) is 3.91. The summed E-state index contributed by atoms with van der Waals surface area (Å²) in [4.78, 5) is 11.5. The van der Waals surface area contributed by atoms with Crippen LogP contribution in [0.15, 0.2) is 12.1 Å². The minimum Gasteiger partial charge on any atom is -0.467 e. The van der Waals surface area contributed by atoms with Crippen LogP contribution in [0.1, 0.15) is 18.0 Å². The highest BCUT2D eigenvalue weighted by molar-refractivity contribution is 6.35. The van der Waals surface area contributed by atoms with Gasteiger partial charge in [-0.25, -0.2) is 4.79 Å². The highest BCUT2D eigenvalue weighted by atomic mass is 35.5. The first-order chi connectivity index (χ1) is 8.02. The molecule has 0 bridgehead atoms. The van der Waals surface area contributed by atoms with Crippen LogP contribution in [0, 0.1) is 0 Å². The van der Waals surface area contributed by atoms with Crippen LogP contribution < -0.4 is 11.1 Å². The molecule has 2 atom stereocenters. The summed E-state index contributed by atoms with van der Waals surface area (Å²) in [6, 6.07) is 2.58. The van der Waals surface area contributed by atoms with E-state index in [4.69, 9.17) is 33.7 Å². The Balaban J connectivity index is 0.00000162. The Hall–Kier alpha value is -0.680. The Morgan fingerprint density at radius 3 is 2.78 bits per heavy atom. The van der Waals surface area contributed by atoms with Crippen molar-refractivity contribution < 1.29 is 9.53 Å². The monoisotopic (exact) mass is 310 g/mol. The standard InChI is InChI=1S/C11H12Cl2N2O2.ClH/c1-17-11(16)9-4-7(14)10-6(13)2-5(12)3-8(10)15-9;/h2-3,7,9,15H,4,14H2,1H3;1H/t7-,9+;/m0./s1. The largest absolute Gasteiger partial charge is 0.467 e. The zero-order valence-electron chi connectivity index (χ0n) is 9.57. The Kier molecular flexibility index (Phi) is 5.10. The fourth-order valence-corrected chi connectivity index (χ4v) is 2.63. The Morgan fingerprint density at radius 2 is 2.17 bits per heavy atom. The lowest BCUT2D eigenvalue weighted by molar-refractivity contribution is -0.141. The predicted octanol–water partition coefficient (Wildman–Crippen LogP) is 2.77. The maximum absolute atomic E-state index is 11.5. The molecule has 1 aromatic carbocycles. The fraction of sp³-hybridized carbons (Fsp3) is 0.364. The van der Waals surface area contributed by atoms with Crippen molar-refractivity contribution in [3.8, 4) is 0 Å². The molecule has 100 valence electrons. The number of anilines is 1. The molecule has 0 radical (unpaired) electrons. The van der Waals surface area contributed by atoms with Gasteiger partial charge in [0.05, 0.1) is 7.11 Å². The molecule has 0 amide bonds. The van der Waals surface area contributed by atoms with Crippen LogP contribution in [0.2, 0.25) is 10.0 Å². The summed E-state index contributed by atoms with van der Waals surface area (Å²) in [6.07, 6.45) is 0.445. The molecule has 1 aliphatic rings. The van der Waals surface area contributed by atoms with Gasteiger partial charge in [-0.2, -0.15) is 0 Å². The topological polar surface area (TPSA) is 64.3 Å². The molecule has 3 N–H and O–H groups in total. The molecule has 0 spiro atoms. The second-order valence-corrected chi connectivity index (χ2v) is 4.75. The van der Waals surface area contributed by atoms with Crippen LogP contribution in [0.5, 0.6) is 0 Å². The van der Waals surface area contributed by atoms with Crippen molar-refractivity contribution in [2.75, 3.05) is 12.4 Å². The summed E-state index contributed by atoms with van der Waals surface area (Å²) in [7, 11) is 1.34. The summed E-state index contributed by atoms with van der Waals surface area (Å²) in [5.74, 6) is -0.345. The van der Waals surface area contributed by atoms with Gasteiger partial charge in [0.25, 0.3) is 0 Å². The first kappa shape index (κ1) is 15.4. The minimum absolute atomic E-state index is 0. The predicted molar refractivity (Wildman–Crippen MR) is 74.7 cm³/mol. The van der Waals surface area contributed by atoms with E-state index in [-0.39, 0.29) is 24.4 Å². The summed E-state index contributed by atoms with van der Waals surface area (Å²) in [5, 5.41) is 4.05. The molecule has 0 saturated carbocycles. The van der Waals surface area contributed by atoms with Gasteiger partial charge in [0.2, 0.25) is 0 Å². The third-order valence-electron chi connectivity index (χ3n) is 2.77. The summed E-state index contributed by atoms with van der Waals surface area (Å²) >= 11 is 12.0. The van der Waals surface area contributed by atoms with Crippen LogP contribution in [0.3, 0.4) is 0 Å². The lowest BCUT2D eigenvalue weighted by atomic mass is 9.93. The SMILES string of the molecule is COC(=O)[C@H]1C[C@H](N)c2c(Cl)cc(Cl)cc2N1.Cl. The number of halogens is 3. The lowest BCUT2D eigenvalue weighted by Gasteiger charge is -2.30. The number of nitrogens with two attached hydrogens (primary N) is 1. The van der Waals surface area contributed by atoms with Crippen molar-refractivity contribution in [2.45, 2.75) is 18.5 Å². The van der Waals surface area contributed by atoms with E-state index in [9.17, 15) is 4.79 Å². The highest BCUT2D eigenvalue weighted by Crippen LogP contribution is 2.38. The van der Waals surface area contributed by atoms with Gasteiger partial charge >= 0.3 is 5.97 Å². The second kappa shape index (κ2) is 5.97. The molecule has 7 heteroatoms. The maximum atomic E-state index is 11.5. The number of fused-ring (bicyclic) bond motifs is 1. The molecule has 1 aromatic rings. The molecule has 18 heavy (non-hydrogen) atoms. The number of nitrogens with one attached hydrogen (secondary N) is 1. The highest BCUT2D eigenvalue weighted by Gasteiger charge is 2.31. The van der Waals surface area contributed by atoms with Gasteiger partial charge < -0.3 is 15.8 Å². The number of hydrogen-bond donors (Lipinski definition) is 2. The van der Waals surface area contributed by atoms with E-state index >= 15 is 0 Å². The number of carbonyl (C=O) groups is 1. The molecule has 1 heterocycles. The van der Waals surface area contributed by atoms with Gasteiger partial charge in [0.1, 0.15) is 6.04 Å². The summed E-state index contributed by atoms with van der Waals surface area (Å²) < 4.78 is 4.69. The van der Waals surface area contributed by atoms with Crippen molar-refractivity contribution in [3.05, 3.63) is 27.7 Å². The van der Waals surface area contributed by atoms with Gasteiger partial charge in [-0.15, -0.1) is 12.4 Å². The van der Waals surface area contributed by atoms with Gasteiger partial charge in [-0.1, -0.05) is 23.2 Å². The molecule has 0 aliphatic carbocycles. The number of hydrogen-bond acceptors (Lipinski definition) is 4. The Bertz CT molecular complexity index is 468. The zero-order chi connectivity index (χ0) is 12.6. The normalized spacial score (nSPS) is 21.3. The lowest BCUT2D eigenvalue weighted by Crippen LogP contribution is -2.38. The zero-order valence-corrected chi connectivity index (χ0v) is 11.9. The maximum Gasteiger partial charge on any atom is 0.328 e. The minimum atomic E-state index is -0.461. The molecule has 0 saturated heterocycles. The Morgan fingerprint density at radius 1 is 1.50 bits per heavy atom. The average Bonchev–Trinajstić information content (AvgIpc) is 2.26. The van der Waals surface area contributed by atoms with Crippen LogP contribution in [0.4, 0.5) is 5.69 Å². The van der Waals surface area contributed by atoms with Crippen LogP contribution in [0.25, 0.3) is 0 Å². The van der Waals surface area contributed by atoms with Gasteiger partial charge in [-0.05, 0) is 18.6 Å². The molecule has 0 unspecified atom stereocenters. The van der Waals surface area contributed by atoms with E-state index in [2.05, 4.69) is 5.32 Å². The molecule has 1 aliphatic heterocycles. The van der Waals surface area contributed by atoms with E-state index in [1.807, 2.05) is 0 Å². The van der Waals surface area contributed by atoms with Crippen molar-refractivity contribution in [1.82, 2.24) is 0 Å². The van der Waals surface area contributed by atoms with E-state index in [1.54, 1.807) is 12.1 Å². The van der Waals surface area contributed by atoms with Gasteiger partial charge in [0, 0.05) is 27.3 Å². The van der Waals surface area contributed by atoms with Crippen LogP contribution >= 0.6 is 35.6 Å². The first-order valence-corrected chi connectivity index (χ1v) is 5.87. The first-order valence-electron chi connectivity index (χ1n) is 5.12. The average molecular weight is 312 g/mol. The smallest absolute Gasteiger partial charge is 0.328 e. The molecule has 4 nitrogen and oxygen atoms in total. The fourth-order valence-electron chi connectivity index (χ4n) is 2.00. The van der Waals surface area contributed by atoms with Crippen molar-refractivity contribution in [1.29, 1.82) is 0 Å². The summed E-state index contributed by atoms with van der Waals surface area (Å²) in [6.45, 7) is 0. The third kappa shape index (κ3) is 2.83. The molecule has 0 fully saturated rings. The number of rotatable bonds is 1. The number of methoxy groups -OCH3 is 1. The number of ether oxygens (including phenoxy) is 1. The molecular weight excluding hydrogens is 298 g/mol. The Labute approximate surface area is 121 Å². The number of benzene rings is 1. The van der Waals surface area contributed by atoms with Crippen molar-refractivity contribution in [3.63, 3.8) is 0 Å².